The van der Waals surface area contributed by atoms with Crippen molar-refractivity contribution < 1.29 is 23.9 Å². The summed E-state index contributed by atoms with van der Waals surface area (Å²) in [5.74, 6) is 0.795. The van der Waals surface area contributed by atoms with Crippen molar-refractivity contribution in [2.45, 2.75) is 57.2 Å². The molecule has 1 aliphatic carbocycles. The van der Waals surface area contributed by atoms with E-state index in [2.05, 4.69) is 10.6 Å². The van der Waals surface area contributed by atoms with Crippen molar-refractivity contribution in [3.8, 4) is 11.5 Å². The van der Waals surface area contributed by atoms with Gasteiger partial charge in [0.05, 0.1) is 6.04 Å². The van der Waals surface area contributed by atoms with Gasteiger partial charge in [-0.15, -0.1) is 0 Å². The highest BCUT2D eigenvalue weighted by molar-refractivity contribution is 5.96. The Bertz CT molecular complexity index is 833. The smallest absolute Gasteiger partial charge is 0.321 e. The molecule has 1 aromatic carbocycles. The molecule has 0 aromatic heterocycles. The highest BCUT2D eigenvalue weighted by Crippen LogP contribution is 2.31. The maximum Gasteiger partial charge on any atom is 0.321 e. The molecule has 3 aliphatic rings. The fourth-order valence-electron chi connectivity index (χ4n) is 4.53. The van der Waals surface area contributed by atoms with Gasteiger partial charge in [-0.1, -0.05) is 31.4 Å². The molecule has 0 bridgehead atoms. The number of piperazine rings is 1. The lowest BCUT2D eigenvalue weighted by Gasteiger charge is -2.39. The van der Waals surface area contributed by atoms with E-state index in [0.29, 0.717) is 37.7 Å². The molecule has 1 saturated heterocycles. The van der Waals surface area contributed by atoms with Gasteiger partial charge in [-0.25, -0.2) is 4.79 Å². The summed E-state index contributed by atoms with van der Waals surface area (Å²) in [6.07, 6.45) is 4.70. The van der Waals surface area contributed by atoms with E-state index >= 15 is 0 Å². The predicted octanol–water partition coefficient (Wildman–Crippen LogP) is 1.52. The number of fused-ring (bicyclic) bond motifs is 1. The van der Waals surface area contributed by atoms with E-state index in [-0.39, 0.29) is 24.5 Å². The molecule has 4 rings (SSSR count). The van der Waals surface area contributed by atoms with Gasteiger partial charge < -0.3 is 19.7 Å². The van der Waals surface area contributed by atoms with Crippen LogP contribution in [-0.2, 0) is 9.59 Å². The van der Waals surface area contributed by atoms with Gasteiger partial charge in [0, 0.05) is 32.2 Å². The molecule has 1 saturated carbocycles. The van der Waals surface area contributed by atoms with Crippen LogP contribution < -0.4 is 20.1 Å². The minimum absolute atomic E-state index is 0.108. The molecule has 4 amide bonds. The molecule has 174 valence electrons. The third-order valence-corrected chi connectivity index (χ3v) is 6.51. The van der Waals surface area contributed by atoms with Crippen molar-refractivity contribution in [3.05, 3.63) is 24.3 Å². The maximum atomic E-state index is 12.9. The molecular formula is C23H32N4O5. The number of nitrogens with one attached hydrogen (secondary N) is 2. The number of carbonyl (C=O) groups is 3. The zero-order chi connectivity index (χ0) is 22.5. The van der Waals surface area contributed by atoms with Gasteiger partial charge in [-0.2, -0.15) is 0 Å². The standard InChI is InChI=1S/C23H32N4O5/c1-16(21(28)25-23(30)24-17-7-3-2-4-8-17)26-11-13-27(14-12-26)22(29)20-15-31-18-9-5-6-10-19(18)32-20/h5-6,9-10,16-17,20H,2-4,7-8,11-15H2,1H3,(H2,24,25,28,30)/t16-,20-/m0/s1. The lowest BCUT2D eigenvalue weighted by Crippen LogP contribution is -2.58. The second kappa shape index (κ2) is 10.2. The SMILES string of the molecule is C[C@@H](C(=O)NC(=O)NC1CCCCC1)N1CCN(C(=O)[C@@H]2COc3ccccc3O2)CC1. The molecule has 2 aliphatic heterocycles. The van der Waals surface area contributed by atoms with Crippen LogP contribution >= 0.6 is 0 Å². The minimum Gasteiger partial charge on any atom is -0.485 e. The van der Waals surface area contributed by atoms with Crippen molar-refractivity contribution in [2.75, 3.05) is 32.8 Å². The molecule has 9 heteroatoms. The first-order valence-electron chi connectivity index (χ1n) is 11.5. The Hall–Kier alpha value is -2.81. The second-order valence-corrected chi connectivity index (χ2v) is 8.70. The van der Waals surface area contributed by atoms with Crippen molar-refractivity contribution in [1.82, 2.24) is 20.4 Å². The number of rotatable bonds is 4. The minimum atomic E-state index is -0.666. The first kappa shape index (κ1) is 22.4. The molecule has 1 aromatic rings. The summed E-state index contributed by atoms with van der Waals surface area (Å²) >= 11 is 0. The summed E-state index contributed by atoms with van der Waals surface area (Å²) in [5.41, 5.74) is 0. The molecule has 2 heterocycles. The van der Waals surface area contributed by atoms with E-state index in [0.717, 1.165) is 25.7 Å². The zero-order valence-electron chi connectivity index (χ0n) is 18.5. The lowest BCUT2D eigenvalue weighted by atomic mass is 9.96. The first-order valence-corrected chi connectivity index (χ1v) is 11.5. The lowest BCUT2D eigenvalue weighted by molar-refractivity contribution is -0.143. The molecule has 2 fully saturated rings. The summed E-state index contributed by atoms with van der Waals surface area (Å²) in [6, 6.07) is 6.59. The molecule has 0 radical (unpaired) electrons. The van der Waals surface area contributed by atoms with E-state index < -0.39 is 18.2 Å². The van der Waals surface area contributed by atoms with Crippen LogP contribution in [0.5, 0.6) is 11.5 Å². The van der Waals surface area contributed by atoms with Crippen LogP contribution in [0, 0.1) is 0 Å². The fourth-order valence-corrected chi connectivity index (χ4v) is 4.53. The van der Waals surface area contributed by atoms with Crippen molar-refractivity contribution >= 4 is 17.8 Å². The number of para-hydroxylation sites is 2. The highest BCUT2D eigenvalue weighted by atomic mass is 16.6. The molecule has 2 atom stereocenters. The van der Waals surface area contributed by atoms with Crippen LogP contribution in [0.1, 0.15) is 39.0 Å². The molecular weight excluding hydrogens is 412 g/mol. The van der Waals surface area contributed by atoms with E-state index in [9.17, 15) is 14.4 Å². The molecule has 32 heavy (non-hydrogen) atoms. The van der Waals surface area contributed by atoms with Crippen LogP contribution in [0.25, 0.3) is 0 Å². The number of imide groups is 1. The number of ether oxygens (including phenoxy) is 2. The van der Waals surface area contributed by atoms with Crippen LogP contribution in [0.2, 0.25) is 0 Å². The van der Waals surface area contributed by atoms with E-state index in [1.54, 1.807) is 17.9 Å². The number of hydrogen-bond donors (Lipinski definition) is 2. The summed E-state index contributed by atoms with van der Waals surface area (Å²) in [5, 5.41) is 5.38. The Balaban J connectivity index is 1.22. The third kappa shape index (κ3) is 5.32. The van der Waals surface area contributed by atoms with Crippen LogP contribution in [0.15, 0.2) is 24.3 Å². The molecule has 0 unspecified atom stereocenters. The molecule has 0 spiro atoms. The molecule has 2 N–H and O–H groups in total. The number of nitrogens with zero attached hydrogens (tertiary/aromatic N) is 2. The van der Waals surface area contributed by atoms with Crippen molar-refractivity contribution in [3.63, 3.8) is 0 Å². The van der Waals surface area contributed by atoms with Gasteiger partial charge in [0.1, 0.15) is 6.61 Å². The van der Waals surface area contributed by atoms with Gasteiger partial charge in [0.15, 0.2) is 11.5 Å². The van der Waals surface area contributed by atoms with Gasteiger partial charge in [0.2, 0.25) is 12.0 Å². The highest BCUT2D eigenvalue weighted by Gasteiger charge is 2.34. The third-order valence-electron chi connectivity index (χ3n) is 6.51. The first-order chi connectivity index (χ1) is 15.5. The van der Waals surface area contributed by atoms with E-state index in [4.69, 9.17) is 9.47 Å². The topological polar surface area (TPSA) is 100 Å². The Morgan fingerprint density at radius 3 is 2.41 bits per heavy atom. The zero-order valence-corrected chi connectivity index (χ0v) is 18.5. The normalized spacial score (nSPS) is 22.7. The number of urea groups is 1. The van der Waals surface area contributed by atoms with E-state index in [1.165, 1.54) is 6.42 Å². The van der Waals surface area contributed by atoms with Gasteiger partial charge >= 0.3 is 6.03 Å². The Labute approximate surface area is 188 Å². The second-order valence-electron chi connectivity index (χ2n) is 8.70. The van der Waals surface area contributed by atoms with Crippen molar-refractivity contribution in [1.29, 1.82) is 0 Å². The summed E-state index contributed by atoms with van der Waals surface area (Å²) in [6.45, 7) is 4.06. The van der Waals surface area contributed by atoms with Gasteiger partial charge in [-0.05, 0) is 31.9 Å². The quantitative estimate of drug-likeness (QED) is 0.730. The Kier molecular flexibility index (Phi) is 7.14. The average Bonchev–Trinajstić information content (AvgIpc) is 2.83. The molecule has 9 nitrogen and oxygen atoms in total. The average molecular weight is 445 g/mol. The summed E-state index contributed by atoms with van der Waals surface area (Å²) in [4.78, 5) is 41.3. The van der Waals surface area contributed by atoms with Gasteiger partial charge in [-0.3, -0.25) is 19.8 Å². The maximum absolute atomic E-state index is 12.9. The summed E-state index contributed by atoms with van der Waals surface area (Å²) < 4.78 is 11.5. The monoisotopic (exact) mass is 444 g/mol. The van der Waals surface area contributed by atoms with Crippen LogP contribution in [0.3, 0.4) is 0 Å². The number of hydrogen-bond acceptors (Lipinski definition) is 6. The van der Waals surface area contributed by atoms with E-state index in [1.807, 2.05) is 23.1 Å². The largest absolute Gasteiger partial charge is 0.485 e. The predicted molar refractivity (Wildman–Crippen MR) is 118 cm³/mol. The van der Waals surface area contributed by atoms with Crippen molar-refractivity contribution in [2.24, 2.45) is 0 Å². The van der Waals surface area contributed by atoms with Crippen LogP contribution in [0.4, 0.5) is 4.79 Å². The number of carbonyl (C=O) groups excluding carboxylic acids is 3. The van der Waals surface area contributed by atoms with Gasteiger partial charge in [0.25, 0.3) is 5.91 Å². The van der Waals surface area contributed by atoms with Crippen LogP contribution in [-0.4, -0.2) is 78.6 Å². The summed E-state index contributed by atoms with van der Waals surface area (Å²) in [7, 11) is 0. The fraction of sp³-hybridized carbons (Fsp3) is 0.609. The Morgan fingerprint density at radius 2 is 1.69 bits per heavy atom. The number of amides is 4. The Morgan fingerprint density at radius 1 is 1.00 bits per heavy atom. The number of benzene rings is 1.